The van der Waals surface area contributed by atoms with Gasteiger partial charge in [-0.05, 0) is 37.4 Å². The molecule has 0 aliphatic heterocycles. The molecule has 6 heteroatoms. The van der Waals surface area contributed by atoms with Crippen LogP contribution in [0.25, 0.3) is 0 Å². The van der Waals surface area contributed by atoms with Crippen molar-refractivity contribution in [2.24, 2.45) is 0 Å². The van der Waals surface area contributed by atoms with E-state index in [4.69, 9.17) is 16.3 Å². The number of aliphatic carboxylic acids is 1. The van der Waals surface area contributed by atoms with Gasteiger partial charge in [0.2, 0.25) is 0 Å². The number of carboxylic acids is 1. The van der Waals surface area contributed by atoms with Crippen LogP contribution in [0.2, 0.25) is 5.02 Å². The average Bonchev–Trinajstić information content (AvgIpc) is 2.40. The van der Waals surface area contributed by atoms with Gasteiger partial charge in [0.25, 0.3) is 5.72 Å². The molecule has 1 atom stereocenters. The van der Waals surface area contributed by atoms with Crippen molar-refractivity contribution >= 4 is 30.0 Å². The van der Waals surface area contributed by atoms with Gasteiger partial charge in [0, 0.05) is 11.4 Å². The Hall–Kier alpha value is -0.970. The molecule has 0 spiro atoms. The fraction of sp³-hybridized carbons (Fsp3) is 0.500. The minimum absolute atomic E-state index is 0. The second kappa shape index (κ2) is 8.35. The predicted molar refractivity (Wildman–Crippen MR) is 82.9 cm³/mol. The van der Waals surface area contributed by atoms with E-state index >= 15 is 0 Å². The van der Waals surface area contributed by atoms with Crippen LogP contribution in [0.4, 0.5) is 0 Å². The van der Waals surface area contributed by atoms with E-state index in [0.29, 0.717) is 30.3 Å². The monoisotopic (exact) mass is 321 g/mol. The summed E-state index contributed by atoms with van der Waals surface area (Å²) in [5.74, 6) is -0.478. The van der Waals surface area contributed by atoms with E-state index in [1.807, 2.05) is 20.8 Å². The Morgan fingerprint density at radius 3 is 2.10 bits per heavy atom. The Bertz CT molecular complexity index is 421. The van der Waals surface area contributed by atoms with Crippen LogP contribution >= 0.6 is 24.0 Å². The van der Waals surface area contributed by atoms with Gasteiger partial charge in [-0.25, -0.2) is 4.79 Å². The van der Waals surface area contributed by atoms with E-state index in [0.717, 1.165) is 0 Å². The number of carboxylic acid groups (broad SMARTS) is 1. The molecule has 1 N–H and O–H groups in total. The predicted octanol–water partition coefficient (Wildman–Crippen LogP) is 3.67. The second-order valence-electron chi connectivity index (χ2n) is 4.17. The topological polar surface area (TPSA) is 49.8 Å². The Balaban J connectivity index is 0.00000361. The molecule has 1 rings (SSSR count). The SMILES string of the molecule is CCN(CC)C(CC)(Oc1ccc(Cl)cc1)C(=O)O.Cl. The van der Waals surface area contributed by atoms with Crippen LogP contribution in [0.3, 0.4) is 0 Å². The highest BCUT2D eigenvalue weighted by Gasteiger charge is 2.44. The zero-order chi connectivity index (χ0) is 14.5. The van der Waals surface area contributed by atoms with E-state index in [1.54, 1.807) is 29.2 Å². The molecule has 1 unspecified atom stereocenters. The van der Waals surface area contributed by atoms with Gasteiger partial charge in [0.1, 0.15) is 5.75 Å². The first kappa shape index (κ1) is 19.0. The van der Waals surface area contributed by atoms with Crippen molar-refractivity contribution in [3.8, 4) is 5.75 Å². The van der Waals surface area contributed by atoms with E-state index in [1.165, 1.54) is 0 Å². The summed E-state index contributed by atoms with van der Waals surface area (Å²) in [6.45, 7) is 6.85. The van der Waals surface area contributed by atoms with Crippen molar-refractivity contribution in [2.45, 2.75) is 32.9 Å². The van der Waals surface area contributed by atoms with Crippen molar-refractivity contribution in [3.63, 3.8) is 0 Å². The van der Waals surface area contributed by atoms with Crippen LogP contribution in [0.15, 0.2) is 24.3 Å². The third-order valence-corrected chi connectivity index (χ3v) is 3.44. The van der Waals surface area contributed by atoms with E-state index in [2.05, 4.69) is 0 Å². The second-order valence-corrected chi connectivity index (χ2v) is 4.61. The van der Waals surface area contributed by atoms with Crippen LogP contribution in [0, 0.1) is 0 Å². The minimum atomic E-state index is -1.34. The van der Waals surface area contributed by atoms with Gasteiger partial charge >= 0.3 is 5.97 Å². The van der Waals surface area contributed by atoms with E-state index in [-0.39, 0.29) is 12.4 Å². The van der Waals surface area contributed by atoms with Crippen LogP contribution in [-0.4, -0.2) is 34.8 Å². The smallest absolute Gasteiger partial charge is 0.364 e. The number of halogens is 2. The third kappa shape index (κ3) is 4.01. The fourth-order valence-electron chi connectivity index (χ4n) is 2.12. The Kier molecular flexibility index (Phi) is 7.94. The summed E-state index contributed by atoms with van der Waals surface area (Å²) in [6.07, 6.45) is 0.354. The fourth-order valence-corrected chi connectivity index (χ4v) is 2.25. The molecule has 0 aliphatic rings. The molecular weight excluding hydrogens is 301 g/mol. The van der Waals surface area contributed by atoms with Crippen molar-refractivity contribution in [2.75, 3.05) is 13.1 Å². The summed E-state index contributed by atoms with van der Waals surface area (Å²) in [6, 6.07) is 6.72. The van der Waals surface area contributed by atoms with Gasteiger partial charge in [-0.3, -0.25) is 4.90 Å². The maximum absolute atomic E-state index is 11.7. The lowest BCUT2D eigenvalue weighted by Gasteiger charge is -2.38. The lowest BCUT2D eigenvalue weighted by atomic mass is 10.1. The number of carbonyl (C=O) groups is 1. The lowest BCUT2D eigenvalue weighted by molar-refractivity contribution is -0.176. The number of nitrogens with zero attached hydrogens (tertiary/aromatic N) is 1. The molecule has 20 heavy (non-hydrogen) atoms. The summed E-state index contributed by atoms with van der Waals surface area (Å²) < 4.78 is 5.78. The molecule has 0 saturated heterocycles. The molecular formula is C14H21Cl2NO3. The zero-order valence-corrected chi connectivity index (χ0v) is 13.5. The van der Waals surface area contributed by atoms with Crippen molar-refractivity contribution in [1.29, 1.82) is 0 Å². The number of likely N-dealkylation sites (N-methyl/N-ethyl adjacent to an activating group) is 1. The zero-order valence-electron chi connectivity index (χ0n) is 11.9. The molecule has 1 aromatic carbocycles. The van der Waals surface area contributed by atoms with Crippen molar-refractivity contribution in [1.82, 2.24) is 4.90 Å². The maximum atomic E-state index is 11.7. The number of hydrogen-bond donors (Lipinski definition) is 1. The first-order valence-corrected chi connectivity index (χ1v) is 6.81. The highest BCUT2D eigenvalue weighted by atomic mass is 35.5. The average molecular weight is 322 g/mol. The highest BCUT2D eigenvalue weighted by Crippen LogP contribution is 2.26. The molecule has 0 aliphatic carbocycles. The van der Waals surface area contributed by atoms with Crippen LogP contribution in [-0.2, 0) is 4.79 Å². The first-order valence-electron chi connectivity index (χ1n) is 6.43. The highest BCUT2D eigenvalue weighted by molar-refractivity contribution is 6.30. The van der Waals surface area contributed by atoms with Crippen molar-refractivity contribution in [3.05, 3.63) is 29.3 Å². The number of rotatable bonds is 7. The normalized spacial score (nSPS) is 13.4. The molecule has 0 heterocycles. The van der Waals surface area contributed by atoms with E-state index < -0.39 is 11.7 Å². The molecule has 0 saturated carbocycles. The molecule has 4 nitrogen and oxygen atoms in total. The number of benzene rings is 1. The van der Waals surface area contributed by atoms with Gasteiger partial charge in [-0.15, -0.1) is 12.4 Å². The molecule has 0 bridgehead atoms. The Morgan fingerprint density at radius 1 is 1.25 bits per heavy atom. The van der Waals surface area contributed by atoms with Crippen LogP contribution < -0.4 is 4.74 Å². The maximum Gasteiger partial charge on any atom is 0.364 e. The van der Waals surface area contributed by atoms with Crippen LogP contribution in [0.1, 0.15) is 27.2 Å². The standard InChI is InChI=1S/C14H20ClNO3.ClH/c1-4-14(13(17)18,16(5-2)6-3)19-12-9-7-11(15)8-10-12;/h7-10H,4-6H2,1-3H3,(H,17,18);1H. The Morgan fingerprint density at radius 2 is 1.75 bits per heavy atom. The lowest BCUT2D eigenvalue weighted by Crippen LogP contribution is -2.58. The third-order valence-electron chi connectivity index (χ3n) is 3.19. The first-order chi connectivity index (χ1) is 9.00. The largest absolute Gasteiger partial charge is 0.477 e. The van der Waals surface area contributed by atoms with Gasteiger partial charge in [0.15, 0.2) is 0 Å². The van der Waals surface area contributed by atoms with Gasteiger partial charge < -0.3 is 9.84 Å². The summed E-state index contributed by atoms with van der Waals surface area (Å²) in [7, 11) is 0. The van der Waals surface area contributed by atoms with Gasteiger partial charge in [-0.1, -0.05) is 32.4 Å². The summed E-state index contributed by atoms with van der Waals surface area (Å²) in [5.41, 5.74) is -1.34. The van der Waals surface area contributed by atoms with Crippen LogP contribution in [0.5, 0.6) is 5.75 Å². The molecule has 0 radical (unpaired) electrons. The van der Waals surface area contributed by atoms with Crippen molar-refractivity contribution < 1.29 is 14.6 Å². The minimum Gasteiger partial charge on any atom is -0.477 e. The summed E-state index contributed by atoms with van der Waals surface area (Å²) in [5, 5.41) is 10.2. The molecule has 1 aromatic rings. The number of hydrogen-bond acceptors (Lipinski definition) is 3. The van der Waals surface area contributed by atoms with Gasteiger partial charge in [0.05, 0.1) is 0 Å². The number of ether oxygens (including phenoxy) is 1. The molecule has 0 fully saturated rings. The summed E-state index contributed by atoms with van der Waals surface area (Å²) in [4.78, 5) is 13.5. The quantitative estimate of drug-likeness (QED) is 0.778. The molecule has 0 amide bonds. The Labute approximate surface area is 131 Å². The summed E-state index contributed by atoms with van der Waals surface area (Å²) >= 11 is 5.81. The van der Waals surface area contributed by atoms with E-state index in [9.17, 15) is 9.90 Å². The molecule has 0 aromatic heterocycles. The van der Waals surface area contributed by atoms with Gasteiger partial charge in [-0.2, -0.15) is 0 Å². The molecule has 114 valence electrons.